The molecule has 4 heteroatoms. The minimum atomic E-state index is -0.0714. The smallest absolute Gasteiger partial charge is 0.228 e. The molecular weight excluding hydrogens is 334 g/mol. The average Bonchev–Trinajstić information content (AvgIpc) is 3.07. The first kappa shape index (κ1) is 18.3. The first-order valence-electron chi connectivity index (χ1n) is 10.5. The maximum absolute atomic E-state index is 13.0. The lowest BCUT2D eigenvalue weighted by atomic mass is 9.79. The van der Waals surface area contributed by atoms with Crippen LogP contribution in [0.15, 0.2) is 30.5 Å². The van der Waals surface area contributed by atoms with Crippen molar-refractivity contribution in [3.63, 3.8) is 0 Å². The quantitative estimate of drug-likeness (QED) is 0.809. The Labute approximate surface area is 162 Å². The Morgan fingerprint density at radius 1 is 1.33 bits per heavy atom. The molecule has 3 atom stereocenters. The molecule has 27 heavy (non-hydrogen) atoms. The van der Waals surface area contributed by atoms with Crippen molar-refractivity contribution in [3.05, 3.63) is 41.6 Å². The number of rotatable bonds is 6. The van der Waals surface area contributed by atoms with Gasteiger partial charge in [-0.2, -0.15) is 0 Å². The van der Waals surface area contributed by atoms with Gasteiger partial charge in [0.2, 0.25) is 5.91 Å². The molecule has 2 aliphatic rings. The van der Waals surface area contributed by atoms with E-state index in [4.69, 9.17) is 0 Å². The molecule has 1 aromatic heterocycles. The van der Waals surface area contributed by atoms with Crippen molar-refractivity contribution in [2.24, 2.45) is 5.92 Å². The van der Waals surface area contributed by atoms with Gasteiger partial charge in [0.15, 0.2) is 0 Å². The van der Waals surface area contributed by atoms with Crippen LogP contribution in [0.3, 0.4) is 0 Å². The Morgan fingerprint density at radius 2 is 2.19 bits per heavy atom. The number of nitrogens with one attached hydrogen (secondary N) is 2. The molecule has 2 unspecified atom stereocenters. The Balaban J connectivity index is 1.70. The van der Waals surface area contributed by atoms with Crippen molar-refractivity contribution in [1.29, 1.82) is 0 Å². The van der Waals surface area contributed by atoms with Crippen LogP contribution >= 0.6 is 0 Å². The lowest BCUT2D eigenvalue weighted by Crippen LogP contribution is -2.49. The fourth-order valence-corrected chi connectivity index (χ4v) is 4.88. The van der Waals surface area contributed by atoms with E-state index in [0.29, 0.717) is 6.04 Å². The van der Waals surface area contributed by atoms with Gasteiger partial charge in [0.1, 0.15) is 0 Å². The molecule has 0 radical (unpaired) electrons. The largest absolute Gasteiger partial charge is 0.361 e. The number of hydrogen-bond donors (Lipinski definition) is 2. The van der Waals surface area contributed by atoms with E-state index in [1.807, 2.05) is 0 Å². The van der Waals surface area contributed by atoms with Crippen molar-refractivity contribution < 1.29 is 4.79 Å². The highest BCUT2D eigenvalue weighted by Gasteiger charge is 2.36. The highest BCUT2D eigenvalue weighted by molar-refractivity contribution is 5.99. The summed E-state index contributed by atoms with van der Waals surface area (Å²) < 4.78 is 0. The molecule has 1 aliphatic heterocycles. The molecule has 4 nitrogen and oxygen atoms in total. The van der Waals surface area contributed by atoms with Gasteiger partial charge in [-0.25, -0.2) is 0 Å². The van der Waals surface area contributed by atoms with Crippen molar-refractivity contribution in [3.8, 4) is 0 Å². The molecule has 4 rings (SSSR count). The fraction of sp³-hybridized carbons (Fsp3) is 0.522. The normalized spacial score (nSPS) is 23.0. The third kappa shape index (κ3) is 3.31. The van der Waals surface area contributed by atoms with Gasteiger partial charge in [-0.05, 0) is 55.5 Å². The highest BCUT2D eigenvalue weighted by atomic mass is 16.2. The number of amides is 1. The van der Waals surface area contributed by atoms with Gasteiger partial charge in [0, 0.05) is 35.7 Å². The number of aromatic nitrogens is 1. The van der Waals surface area contributed by atoms with Crippen LogP contribution < -0.4 is 5.32 Å². The summed E-state index contributed by atoms with van der Waals surface area (Å²) in [7, 11) is 0. The third-order valence-corrected chi connectivity index (χ3v) is 6.08. The molecule has 0 fully saturated rings. The molecule has 2 heterocycles. The average molecular weight is 366 g/mol. The van der Waals surface area contributed by atoms with E-state index in [9.17, 15) is 4.79 Å². The zero-order valence-electron chi connectivity index (χ0n) is 16.7. The molecule has 0 saturated heterocycles. The lowest BCUT2D eigenvalue weighted by Gasteiger charge is -2.41. The summed E-state index contributed by atoms with van der Waals surface area (Å²) >= 11 is 0. The van der Waals surface area contributed by atoms with Gasteiger partial charge in [0.05, 0.1) is 5.92 Å². The number of nitrogens with zero attached hydrogens (tertiary/aromatic N) is 1. The van der Waals surface area contributed by atoms with Crippen LogP contribution in [0, 0.1) is 5.92 Å². The topological polar surface area (TPSA) is 48.1 Å². The van der Waals surface area contributed by atoms with Gasteiger partial charge in [0.25, 0.3) is 0 Å². The van der Waals surface area contributed by atoms with E-state index in [0.717, 1.165) is 38.8 Å². The maximum atomic E-state index is 13.0. The number of fused-ring (bicyclic) bond motifs is 2. The standard InChI is InChI=1S/C23H31N3O/c1-4-7-15(3)25-23(27)17-11-19-18-8-6-9-20-22(18)16(13-24-20)12-21(19)26(14-17)10-5-2/h6,8-9,11,13,15,17,21,24H,4-5,7,10,12,14H2,1-3H3,(H,25,27)/t15-,17?,21?/m1/s1. The van der Waals surface area contributed by atoms with Crippen molar-refractivity contribution in [2.45, 2.75) is 58.5 Å². The number of carbonyl (C=O) groups is 1. The number of carbonyl (C=O) groups excluding carboxylic acids is 1. The summed E-state index contributed by atoms with van der Waals surface area (Å²) in [4.78, 5) is 18.9. The van der Waals surface area contributed by atoms with E-state index in [2.05, 4.69) is 66.4 Å². The number of H-pyrrole nitrogens is 1. The Morgan fingerprint density at radius 3 is 2.96 bits per heavy atom. The molecule has 1 aromatic carbocycles. The van der Waals surface area contributed by atoms with Gasteiger partial charge < -0.3 is 10.3 Å². The zero-order valence-corrected chi connectivity index (χ0v) is 16.7. The molecule has 0 spiro atoms. The first-order valence-corrected chi connectivity index (χ1v) is 10.5. The van der Waals surface area contributed by atoms with Crippen molar-refractivity contribution in [2.75, 3.05) is 13.1 Å². The maximum Gasteiger partial charge on any atom is 0.228 e. The monoisotopic (exact) mass is 365 g/mol. The van der Waals surface area contributed by atoms with E-state index in [-0.39, 0.29) is 17.9 Å². The summed E-state index contributed by atoms with van der Waals surface area (Å²) in [5.74, 6) is 0.105. The summed E-state index contributed by atoms with van der Waals surface area (Å²) in [6.45, 7) is 8.35. The number of hydrogen-bond acceptors (Lipinski definition) is 2. The highest BCUT2D eigenvalue weighted by Crippen LogP contribution is 2.41. The fourth-order valence-electron chi connectivity index (χ4n) is 4.88. The van der Waals surface area contributed by atoms with Crippen LogP contribution in [-0.2, 0) is 11.2 Å². The predicted molar refractivity (Wildman–Crippen MR) is 112 cm³/mol. The number of aromatic amines is 1. The Bertz CT molecular complexity index is 866. The predicted octanol–water partition coefficient (Wildman–Crippen LogP) is 4.12. The van der Waals surface area contributed by atoms with Crippen LogP contribution in [0.2, 0.25) is 0 Å². The van der Waals surface area contributed by atoms with E-state index in [1.165, 1.54) is 27.6 Å². The van der Waals surface area contributed by atoms with Gasteiger partial charge in [-0.1, -0.05) is 38.5 Å². The van der Waals surface area contributed by atoms with Gasteiger partial charge in [-0.3, -0.25) is 9.69 Å². The minimum Gasteiger partial charge on any atom is -0.361 e. The minimum absolute atomic E-state index is 0.0714. The molecule has 144 valence electrons. The van der Waals surface area contributed by atoms with Crippen molar-refractivity contribution >= 4 is 22.4 Å². The molecule has 1 aliphatic carbocycles. The molecule has 0 bridgehead atoms. The van der Waals surface area contributed by atoms with E-state index in [1.54, 1.807) is 0 Å². The zero-order chi connectivity index (χ0) is 19.0. The van der Waals surface area contributed by atoms with Gasteiger partial charge >= 0.3 is 0 Å². The van der Waals surface area contributed by atoms with Crippen molar-refractivity contribution in [1.82, 2.24) is 15.2 Å². The van der Waals surface area contributed by atoms with Crippen LogP contribution in [0.4, 0.5) is 0 Å². The summed E-state index contributed by atoms with van der Waals surface area (Å²) in [6, 6.07) is 7.12. The number of benzene rings is 1. The Hall–Kier alpha value is -2.07. The van der Waals surface area contributed by atoms with Gasteiger partial charge in [-0.15, -0.1) is 0 Å². The SMILES string of the molecule is CCC[C@@H](C)NC(=O)C1C=C2c3cccc4[nH]cc(c34)CC2N(CCC)C1. The second-order valence-electron chi connectivity index (χ2n) is 8.18. The van der Waals surface area contributed by atoms with Crippen LogP contribution in [-0.4, -0.2) is 41.0 Å². The lowest BCUT2D eigenvalue weighted by molar-refractivity contribution is -0.125. The summed E-state index contributed by atoms with van der Waals surface area (Å²) in [5.41, 5.74) is 5.26. The molecule has 2 aromatic rings. The second-order valence-corrected chi connectivity index (χ2v) is 8.18. The first-order chi connectivity index (χ1) is 13.1. The molecule has 1 amide bonds. The second kappa shape index (κ2) is 7.51. The molecule has 2 N–H and O–H groups in total. The van der Waals surface area contributed by atoms with Crippen LogP contribution in [0.25, 0.3) is 16.5 Å². The van der Waals surface area contributed by atoms with Crippen LogP contribution in [0.1, 0.15) is 51.2 Å². The third-order valence-electron chi connectivity index (χ3n) is 6.08. The molecular formula is C23H31N3O. The Kier molecular flexibility index (Phi) is 5.09. The van der Waals surface area contributed by atoms with E-state index >= 15 is 0 Å². The summed E-state index contributed by atoms with van der Waals surface area (Å²) in [5, 5.41) is 4.58. The van der Waals surface area contributed by atoms with Crippen LogP contribution in [0.5, 0.6) is 0 Å². The molecule has 0 saturated carbocycles. The summed E-state index contributed by atoms with van der Waals surface area (Å²) in [6.07, 6.45) is 8.69. The van der Waals surface area contributed by atoms with E-state index < -0.39 is 0 Å².